The summed E-state index contributed by atoms with van der Waals surface area (Å²) in [4.78, 5) is 19.7. The maximum Gasteiger partial charge on any atom is 0.416 e. The number of anilines is 2. The summed E-state index contributed by atoms with van der Waals surface area (Å²) in [5.74, 6) is -0.457. The van der Waals surface area contributed by atoms with Crippen LogP contribution >= 0.6 is 11.6 Å². The first-order chi connectivity index (χ1) is 15.8. The van der Waals surface area contributed by atoms with E-state index in [2.05, 4.69) is 9.80 Å². The van der Waals surface area contributed by atoms with Crippen molar-refractivity contribution in [2.75, 3.05) is 55.7 Å². The molecule has 5 rings (SSSR count). The molecule has 2 saturated heterocycles. The minimum Gasteiger partial charge on any atom is -0.378 e. The Balaban J connectivity index is 1.50. The minimum absolute atomic E-state index is 0.0163. The molecule has 3 aliphatic rings. The standard InChI is InChI=1S/C24H25ClF3N3O2/c25-19-3-1-2-4-21(19)30-7-8-31-20-6-5-17(24(26,27)28)13-16(20)14-18(22(31)15-30)23(32)29-9-11-33-12-10-29/h1-6,13,18,22H,7-12,14-15H2. The zero-order valence-electron chi connectivity index (χ0n) is 18.0. The number of carbonyl (C=O) groups excluding carboxylic acids is 1. The smallest absolute Gasteiger partial charge is 0.378 e. The largest absolute Gasteiger partial charge is 0.416 e. The zero-order chi connectivity index (χ0) is 23.2. The van der Waals surface area contributed by atoms with E-state index in [9.17, 15) is 18.0 Å². The van der Waals surface area contributed by atoms with Gasteiger partial charge < -0.3 is 19.4 Å². The topological polar surface area (TPSA) is 36.0 Å². The first-order valence-electron chi connectivity index (χ1n) is 11.2. The quantitative estimate of drug-likeness (QED) is 0.650. The predicted octanol–water partition coefficient (Wildman–Crippen LogP) is 4.09. The van der Waals surface area contributed by atoms with Gasteiger partial charge in [0.15, 0.2) is 0 Å². The van der Waals surface area contributed by atoms with Crippen LogP contribution in [0.4, 0.5) is 24.5 Å². The van der Waals surface area contributed by atoms with Gasteiger partial charge in [-0.15, -0.1) is 0 Å². The first-order valence-corrected chi connectivity index (χ1v) is 11.5. The fraction of sp³-hybridized carbons (Fsp3) is 0.458. The van der Waals surface area contributed by atoms with Gasteiger partial charge in [-0.2, -0.15) is 13.2 Å². The lowest BCUT2D eigenvalue weighted by molar-refractivity contribution is -0.140. The van der Waals surface area contributed by atoms with Crippen LogP contribution in [0.1, 0.15) is 11.1 Å². The minimum atomic E-state index is -4.42. The number of benzene rings is 2. The molecule has 0 saturated carbocycles. The number of hydrogen-bond acceptors (Lipinski definition) is 4. The number of hydrogen-bond donors (Lipinski definition) is 0. The summed E-state index contributed by atoms with van der Waals surface area (Å²) in [6.07, 6.45) is -4.13. The van der Waals surface area contributed by atoms with Crippen molar-refractivity contribution in [1.82, 2.24) is 4.90 Å². The molecule has 33 heavy (non-hydrogen) atoms. The molecule has 2 aromatic rings. The van der Waals surface area contributed by atoms with Gasteiger partial charge in [-0.1, -0.05) is 23.7 Å². The molecule has 2 unspecified atom stereocenters. The summed E-state index contributed by atoms with van der Waals surface area (Å²) < 4.78 is 45.6. The Labute approximate surface area is 195 Å². The van der Waals surface area contributed by atoms with Crippen molar-refractivity contribution < 1.29 is 22.7 Å². The summed E-state index contributed by atoms with van der Waals surface area (Å²) in [6.45, 7) is 3.81. The Bertz CT molecular complexity index is 1040. The van der Waals surface area contributed by atoms with Crippen LogP contribution in [0.5, 0.6) is 0 Å². The van der Waals surface area contributed by atoms with Crippen LogP contribution in [-0.4, -0.2) is 62.8 Å². The van der Waals surface area contributed by atoms with E-state index in [0.29, 0.717) is 56.5 Å². The van der Waals surface area contributed by atoms with Crippen LogP contribution in [0.15, 0.2) is 42.5 Å². The molecule has 3 heterocycles. The van der Waals surface area contributed by atoms with Gasteiger partial charge >= 0.3 is 6.18 Å². The van der Waals surface area contributed by atoms with Gasteiger partial charge in [0.25, 0.3) is 0 Å². The van der Waals surface area contributed by atoms with Crippen LogP contribution in [0.25, 0.3) is 0 Å². The van der Waals surface area contributed by atoms with Crippen molar-refractivity contribution >= 4 is 28.9 Å². The van der Waals surface area contributed by atoms with E-state index < -0.39 is 17.7 Å². The number of nitrogens with zero attached hydrogens (tertiary/aromatic N) is 3. The van der Waals surface area contributed by atoms with Crippen LogP contribution in [0.3, 0.4) is 0 Å². The van der Waals surface area contributed by atoms with Gasteiger partial charge in [-0.05, 0) is 42.3 Å². The highest BCUT2D eigenvalue weighted by atomic mass is 35.5. The Kier molecular flexibility index (Phi) is 5.91. The number of rotatable bonds is 2. The molecule has 0 radical (unpaired) electrons. The van der Waals surface area contributed by atoms with E-state index in [4.69, 9.17) is 16.3 Å². The Morgan fingerprint density at radius 1 is 1.00 bits per heavy atom. The average Bonchev–Trinajstić information content (AvgIpc) is 2.82. The normalized spacial score (nSPS) is 23.2. The molecule has 0 bridgehead atoms. The van der Waals surface area contributed by atoms with E-state index in [1.54, 1.807) is 11.0 Å². The summed E-state index contributed by atoms with van der Waals surface area (Å²) >= 11 is 6.44. The number of morpholine rings is 1. The van der Waals surface area contributed by atoms with Gasteiger partial charge in [-0.3, -0.25) is 4.79 Å². The summed E-state index contributed by atoms with van der Waals surface area (Å²) in [5, 5.41) is 0.646. The number of fused-ring (bicyclic) bond motifs is 3. The summed E-state index contributed by atoms with van der Waals surface area (Å²) in [6, 6.07) is 11.4. The van der Waals surface area contributed by atoms with Crippen LogP contribution in [0.2, 0.25) is 5.02 Å². The van der Waals surface area contributed by atoms with E-state index in [1.807, 2.05) is 24.3 Å². The lowest BCUT2D eigenvalue weighted by atomic mass is 9.82. The first kappa shape index (κ1) is 22.3. The highest BCUT2D eigenvalue weighted by Gasteiger charge is 2.44. The van der Waals surface area contributed by atoms with Crippen molar-refractivity contribution in [3.63, 3.8) is 0 Å². The summed E-state index contributed by atoms with van der Waals surface area (Å²) in [7, 11) is 0. The van der Waals surface area contributed by atoms with Crippen LogP contribution in [0, 0.1) is 5.92 Å². The molecule has 176 valence electrons. The Hall–Kier alpha value is -2.45. The molecular formula is C24H25ClF3N3O2. The molecule has 2 aromatic carbocycles. The maximum absolute atomic E-state index is 13.6. The maximum atomic E-state index is 13.6. The molecule has 0 spiro atoms. The number of amides is 1. The van der Waals surface area contributed by atoms with Gasteiger partial charge in [0.1, 0.15) is 0 Å². The van der Waals surface area contributed by atoms with Gasteiger partial charge in [0.2, 0.25) is 5.91 Å². The third-order valence-corrected chi connectivity index (χ3v) is 7.19. The Morgan fingerprint density at radius 2 is 1.76 bits per heavy atom. The van der Waals surface area contributed by atoms with E-state index in [1.165, 1.54) is 6.07 Å². The number of alkyl halides is 3. The SMILES string of the molecule is O=C(C1Cc2cc(C(F)(F)F)ccc2N2CCN(c3ccccc3Cl)CC12)N1CCOCC1. The lowest BCUT2D eigenvalue weighted by Crippen LogP contribution is -2.62. The van der Waals surface area contributed by atoms with Crippen molar-refractivity contribution in [2.45, 2.75) is 18.6 Å². The molecule has 5 nitrogen and oxygen atoms in total. The second-order valence-electron chi connectivity index (χ2n) is 8.75. The average molecular weight is 480 g/mol. The molecule has 0 aromatic heterocycles. The number of halogens is 4. The second kappa shape index (κ2) is 8.72. The molecule has 0 aliphatic carbocycles. The van der Waals surface area contributed by atoms with Crippen LogP contribution in [-0.2, 0) is 22.1 Å². The van der Waals surface area contributed by atoms with E-state index >= 15 is 0 Å². The predicted molar refractivity (Wildman–Crippen MR) is 121 cm³/mol. The number of piperazine rings is 1. The number of ether oxygens (including phenoxy) is 1. The monoisotopic (exact) mass is 479 g/mol. The molecular weight excluding hydrogens is 455 g/mol. The zero-order valence-corrected chi connectivity index (χ0v) is 18.8. The van der Waals surface area contributed by atoms with Crippen LogP contribution < -0.4 is 9.80 Å². The van der Waals surface area contributed by atoms with Crippen molar-refractivity contribution in [3.05, 3.63) is 58.6 Å². The molecule has 9 heteroatoms. The highest BCUT2D eigenvalue weighted by Crippen LogP contribution is 2.41. The number of carbonyl (C=O) groups is 1. The third kappa shape index (κ3) is 4.26. The van der Waals surface area contributed by atoms with Crippen molar-refractivity contribution in [3.8, 4) is 0 Å². The lowest BCUT2D eigenvalue weighted by Gasteiger charge is -2.50. The van der Waals surface area contributed by atoms with E-state index in [0.717, 1.165) is 17.4 Å². The Morgan fingerprint density at radius 3 is 2.48 bits per heavy atom. The highest BCUT2D eigenvalue weighted by molar-refractivity contribution is 6.33. The molecule has 3 aliphatic heterocycles. The summed E-state index contributed by atoms with van der Waals surface area (Å²) in [5.41, 5.74) is 1.61. The van der Waals surface area contributed by atoms with Crippen molar-refractivity contribution in [2.24, 2.45) is 5.92 Å². The van der Waals surface area contributed by atoms with Gasteiger partial charge in [0, 0.05) is 38.4 Å². The fourth-order valence-corrected chi connectivity index (χ4v) is 5.48. The van der Waals surface area contributed by atoms with Gasteiger partial charge in [-0.25, -0.2) is 0 Å². The number of para-hydroxylation sites is 1. The van der Waals surface area contributed by atoms with Gasteiger partial charge in [0.05, 0.1) is 41.4 Å². The molecule has 2 fully saturated rings. The molecule has 1 amide bonds. The third-order valence-electron chi connectivity index (χ3n) is 6.87. The van der Waals surface area contributed by atoms with E-state index in [-0.39, 0.29) is 18.4 Å². The molecule has 0 N–H and O–H groups in total. The second-order valence-corrected chi connectivity index (χ2v) is 9.15. The molecule has 2 atom stereocenters. The van der Waals surface area contributed by atoms with Crippen molar-refractivity contribution in [1.29, 1.82) is 0 Å². The fourth-order valence-electron chi connectivity index (χ4n) is 5.23.